The summed E-state index contributed by atoms with van der Waals surface area (Å²) in [7, 11) is 1.71. The van der Waals surface area contributed by atoms with E-state index in [1.807, 2.05) is 10.9 Å². The van der Waals surface area contributed by atoms with Crippen LogP contribution in [0.2, 0.25) is 0 Å². The average molecular weight is 259 g/mol. The summed E-state index contributed by atoms with van der Waals surface area (Å²) in [5.74, 6) is 0. The Morgan fingerprint density at radius 2 is 2.11 bits per heavy atom. The molecule has 0 bridgehead atoms. The van der Waals surface area contributed by atoms with Crippen LogP contribution in [0.5, 0.6) is 0 Å². The van der Waals surface area contributed by atoms with Gasteiger partial charge in [0.15, 0.2) is 0 Å². The van der Waals surface area contributed by atoms with Crippen LogP contribution >= 0.6 is 0 Å². The Kier molecular flexibility index (Phi) is 5.12. The van der Waals surface area contributed by atoms with E-state index in [1.54, 1.807) is 7.11 Å². The summed E-state index contributed by atoms with van der Waals surface area (Å²) < 4.78 is 7.06. The summed E-state index contributed by atoms with van der Waals surface area (Å²) in [5, 5.41) is 7.74. The Bertz CT molecular complexity index is 508. The molecule has 19 heavy (non-hydrogen) atoms. The Hall–Kier alpha value is -1.65. The van der Waals surface area contributed by atoms with Crippen LogP contribution in [0.25, 0.3) is 0 Å². The molecular weight excluding hydrogens is 238 g/mol. The van der Waals surface area contributed by atoms with Crippen molar-refractivity contribution in [3.63, 3.8) is 0 Å². The molecule has 1 aromatic heterocycles. The van der Waals surface area contributed by atoms with E-state index in [-0.39, 0.29) is 0 Å². The molecule has 0 atom stereocenters. The highest BCUT2D eigenvalue weighted by Gasteiger charge is 2.04. The predicted molar refractivity (Wildman–Crippen MR) is 76.1 cm³/mol. The standard InChI is InChI=1S/C15H21N3O/c1-13-5-3-4-6-14(13)12-18-15(7-8-17-18)11-16-9-10-19-2/h3-8,16H,9-12H2,1-2H3. The maximum atomic E-state index is 5.02. The fraction of sp³-hybridized carbons (Fsp3) is 0.400. The Morgan fingerprint density at radius 1 is 1.26 bits per heavy atom. The van der Waals surface area contributed by atoms with Crippen LogP contribution in [0.1, 0.15) is 16.8 Å². The van der Waals surface area contributed by atoms with Gasteiger partial charge in [0, 0.05) is 26.4 Å². The molecule has 0 unspecified atom stereocenters. The minimum Gasteiger partial charge on any atom is -0.383 e. The number of hydrogen-bond acceptors (Lipinski definition) is 3. The summed E-state index contributed by atoms with van der Waals surface area (Å²) in [5.41, 5.74) is 3.81. The number of hydrogen-bond donors (Lipinski definition) is 1. The smallest absolute Gasteiger partial charge is 0.0665 e. The van der Waals surface area contributed by atoms with Crippen molar-refractivity contribution in [1.82, 2.24) is 15.1 Å². The van der Waals surface area contributed by atoms with Gasteiger partial charge in [-0.15, -0.1) is 0 Å². The van der Waals surface area contributed by atoms with E-state index in [9.17, 15) is 0 Å². The molecule has 0 aliphatic heterocycles. The third-order valence-electron chi connectivity index (χ3n) is 3.17. The molecular formula is C15H21N3O. The quantitative estimate of drug-likeness (QED) is 0.773. The van der Waals surface area contributed by atoms with Gasteiger partial charge in [0.1, 0.15) is 0 Å². The van der Waals surface area contributed by atoms with Gasteiger partial charge in [0.2, 0.25) is 0 Å². The molecule has 0 aliphatic rings. The molecule has 0 amide bonds. The number of methoxy groups -OCH3 is 1. The molecule has 4 heteroatoms. The minimum absolute atomic E-state index is 0.728. The van der Waals surface area contributed by atoms with Crippen molar-refractivity contribution in [2.45, 2.75) is 20.0 Å². The highest BCUT2D eigenvalue weighted by Crippen LogP contribution is 2.10. The van der Waals surface area contributed by atoms with E-state index >= 15 is 0 Å². The summed E-state index contributed by atoms with van der Waals surface area (Å²) in [4.78, 5) is 0. The molecule has 2 aromatic rings. The van der Waals surface area contributed by atoms with E-state index in [0.29, 0.717) is 0 Å². The molecule has 0 aliphatic carbocycles. The molecule has 0 radical (unpaired) electrons. The largest absolute Gasteiger partial charge is 0.383 e. The predicted octanol–water partition coefficient (Wildman–Crippen LogP) is 1.98. The number of nitrogens with zero attached hydrogens (tertiary/aromatic N) is 2. The van der Waals surface area contributed by atoms with Gasteiger partial charge < -0.3 is 10.1 Å². The summed E-state index contributed by atoms with van der Waals surface area (Å²) >= 11 is 0. The second-order valence-electron chi connectivity index (χ2n) is 4.58. The lowest BCUT2D eigenvalue weighted by atomic mass is 10.1. The van der Waals surface area contributed by atoms with E-state index < -0.39 is 0 Å². The van der Waals surface area contributed by atoms with Gasteiger partial charge in [-0.25, -0.2) is 0 Å². The Balaban J connectivity index is 1.98. The molecule has 1 heterocycles. The number of aryl methyl sites for hydroxylation is 1. The Morgan fingerprint density at radius 3 is 2.89 bits per heavy atom. The number of rotatable bonds is 7. The first kappa shape index (κ1) is 13.8. The third kappa shape index (κ3) is 3.91. The van der Waals surface area contributed by atoms with Gasteiger partial charge in [-0.05, 0) is 24.1 Å². The summed E-state index contributed by atoms with van der Waals surface area (Å²) in [6.45, 7) is 5.35. The first-order valence-corrected chi connectivity index (χ1v) is 6.56. The van der Waals surface area contributed by atoms with Gasteiger partial charge in [0.05, 0.1) is 18.8 Å². The molecule has 102 valence electrons. The first-order valence-electron chi connectivity index (χ1n) is 6.56. The van der Waals surface area contributed by atoms with Crippen LogP contribution in [-0.2, 0) is 17.8 Å². The normalized spacial score (nSPS) is 10.8. The number of ether oxygens (including phenoxy) is 1. The number of nitrogens with one attached hydrogen (secondary N) is 1. The van der Waals surface area contributed by atoms with E-state index in [4.69, 9.17) is 4.74 Å². The number of benzene rings is 1. The lowest BCUT2D eigenvalue weighted by Gasteiger charge is -2.10. The maximum Gasteiger partial charge on any atom is 0.0665 e. The molecule has 0 saturated carbocycles. The molecule has 0 spiro atoms. The highest BCUT2D eigenvalue weighted by atomic mass is 16.5. The average Bonchev–Trinajstić information content (AvgIpc) is 2.85. The summed E-state index contributed by atoms with van der Waals surface area (Å²) in [6.07, 6.45) is 1.85. The van der Waals surface area contributed by atoms with Crippen LogP contribution < -0.4 is 5.32 Å². The van der Waals surface area contributed by atoms with Gasteiger partial charge in [-0.2, -0.15) is 5.10 Å². The van der Waals surface area contributed by atoms with Crippen LogP contribution in [0.3, 0.4) is 0 Å². The molecule has 0 fully saturated rings. The lowest BCUT2D eigenvalue weighted by molar-refractivity contribution is 0.199. The molecule has 1 N–H and O–H groups in total. The van der Waals surface area contributed by atoms with Crippen molar-refractivity contribution in [3.05, 3.63) is 53.3 Å². The molecule has 4 nitrogen and oxygen atoms in total. The van der Waals surface area contributed by atoms with Crippen molar-refractivity contribution < 1.29 is 4.74 Å². The first-order chi connectivity index (χ1) is 9.31. The van der Waals surface area contributed by atoms with Crippen LogP contribution in [-0.4, -0.2) is 30.0 Å². The monoisotopic (exact) mass is 259 g/mol. The molecule has 0 saturated heterocycles. The second kappa shape index (κ2) is 7.07. The fourth-order valence-corrected chi connectivity index (χ4v) is 1.99. The SMILES string of the molecule is COCCNCc1ccnn1Cc1ccccc1C. The summed E-state index contributed by atoms with van der Waals surface area (Å²) in [6, 6.07) is 10.5. The van der Waals surface area contributed by atoms with Gasteiger partial charge in [-0.1, -0.05) is 24.3 Å². The van der Waals surface area contributed by atoms with Crippen molar-refractivity contribution in [2.75, 3.05) is 20.3 Å². The Labute approximate surface area is 114 Å². The van der Waals surface area contributed by atoms with Crippen molar-refractivity contribution >= 4 is 0 Å². The van der Waals surface area contributed by atoms with Crippen LogP contribution in [0, 0.1) is 6.92 Å². The molecule has 2 rings (SSSR count). The van der Waals surface area contributed by atoms with E-state index in [0.717, 1.165) is 26.2 Å². The minimum atomic E-state index is 0.728. The molecule has 1 aromatic carbocycles. The van der Waals surface area contributed by atoms with E-state index in [1.165, 1.54) is 16.8 Å². The van der Waals surface area contributed by atoms with Crippen molar-refractivity contribution in [3.8, 4) is 0 Å². The third-order valence-corrected chi connectivity index (χ3v) is 3.17. The zero-order valence-corrected chi connectivity index (χ0v) is 11.6. The zero-order chi connectivity index (χ0) is 13.5. The van der Waals surface area contributed by atoms with Crippen molar-refractivity contribution in [2.24, 2.45) is 0 Å². The lowest BCUT2D eigenvalue weighted by Crippen LogP contribution is -2.21. The van der Waals surface area contributed by atoms with Crippen LogP contribution in [0.4, 0.5) is 0 Å². The van der Waals surface area contributed by atoms with Gasteiger partial charge in [0.25, 0.3) is 0 Å². The van der Waals surface area contributed by atoms with Gasteiger partial charge >= 0.3 is 0 Å². The fourth-order valence-electron chi connectivity index (χ4n) is 1.99. The van der Waals surface area contributed by atoms with Crippen molar-refractivity contribution in [1.29, 1.82) is 0 Å². The highest BCUT2D eigenvalue weighted by molar-refractivity contribution is 5.26. The second-order valence-corrected chi connectivity index (χ2v) is 4.58. The van der Waals surface area contributed by atoms with Crippen LogP contribution in [0.15, 0.2) is 36.5 Å². The number of aromatic nitrogens is 2. The van der Waals surface area contributed by atoms with E-state index in [2.05, 4.69) is 47.7 Å². The topological polar surface area (TPSA) is 39.1 Å². The maximum absolute atomic E-state index is 5.02. The zero-order valence-electron chi connectivity index (χ0n) is 11.6. The van der Waals surface area contributed by atoms with Gasteiger partial charge in [-0.3, -0.25) is 4.68 Å².